The molecule has 1 saturated heterocycles. The molecule has 1 unspecified atom stereocenters. The maximum Gasteiger partial charge on any atom is 0.169 e. The third-order valence-electron chi connectivity index (χ3n) is 3.51. The van der Waals surface area contributed by atoms with Gasteiger partial charge in [0, 0.05) is 33.1 Å². The Morgan fingerprint density at radius 3 is 2.84 bits per heavy atom. The Labute approximate surface area is 119 Å². The highest BCUT2D eigenvalue weighted by atomic mass is 79.9. The highest BCUT2D eigenvalue weighted by Gasteiger charge is 2.34. The zero-order chi connectivity index (χ0) is 13.6. The van der Waals surface area contributed by atoms with Crippen LogP contribution in [0.5, 0.6) is 0 Å². The van der Waals surface area contributed by atoms with Crippen molar-refractivity contribution in [3.63, 3.8) is 0 Å². The van der Waals surface area contributed by atoms with Gasteiger partial charge in [0.15, 0.2) is 15.6 Å². The van der Waals surface area contributed by atoms with Crippen molar-refractivity contribution in [3.05, 3.63) is 34.4 Å². The number of Topliss-reactive ketones (excluding diaryl/α,β-unsaturated/α-hetero) is 1. The Kier molecular flexibility index (Phi) is 3.02. The van der Waals surface area contributed by atoms with E-state index in [9.17, 15) is 13.2 Å². The molecule has 0 spiro atoms. The van der Waals surface area contributed by atoms with Gasteiger partial charge in [-0.05, 0) is 18.6 Å². The standard InChI is InChI=1S/C13H12BrNO3S/c14-9-1-2-10-11(6-15-12(10)5-9)13(16)8-3-4-19(17,18)7-8/h1-2,5-6,8,15H,3-4,7H2. The second-order valence-corrected chi connectivity index (χ2v) is 8.00. The largest absolute Gasteiger partial charge is 0.360 e. The first-order valence-electron chi connectivity index (χ1n) is 5.97. The van der Waals surface area contributed by atoms with E-state index in [2.05, 4.69) is 20.9 Å². The van der Waals surface area contributed by atoms with E-state index in [4.69, 9.17) is 0 Å². The Morgan fingerprint density at radius 2 is 2.16 bits per heavy atom. The van der Waals surface area contributed by atoms with Crippen LogP contribution < -0.4 is 0 Å². The van der Waals surface area contributed by atoms with E-state index in [0.717, 1.165) is 15.4 Å². The molecule has 3 rings (SSSR count). The van der Waals surface area contributed by atoms with Crippen molar-refractivity contribution in [3.8, 4) is 0 Å². The SMILES string of the molecule is O=C(c1c[nH]c2cc(Br)ccc12)C1CCS(=O)(=O)C1. The van der Waals surface area contributed by atoms with Crippen LogP contribution in [0.1, 0.15) is 16.8 Å². The first-order valence-corrected chi connectivity index (χ1v) is 8.59. The minimum Gasteiger partial charge on any atom is -0.360 e. The van der Waals surface area contributed by atoms with E-state index in [-0.39, 0.29) is 17.3 Å². The molecule has 0 aliphatic carbocycles. The highest BCUT2D eigenvalue weighted by Crippen LogP contribution is 2.28. The van der Waals surface area contributed by atoms with Gasteiger partial charge in [-0.2, -0.15) is 0 Å². The lowest BCUT2D eigenvalue weighted by Gasteiger charge is -2.05. The molecule has 1 aromatic heterocycles. The maximum atomic E-state index is 12.4. The number of carbonyl (C=O) groups is 1. The van der Waals surface area contributed by atoms with Crippen LogP contribution in [0.4, 0.5) is 0 Å². The van der Waals surface area contributed by atoms with Crippen LogP contribution in [0, 0.1) is 5.92 Å². The fourth-order valence-electron chi connectivity index (χ4n) is 2.52. The van der Waals surface area contributed by atoms with E-state index in [0.29, 0.717) is 12.0 Å². The molecule has 1 N–H and O–H groups in total. The summed E-state index contributed by atoms with van der Waals surface area (Å²) in [6.45, 7) is 0. The van der Waals surface area contributed by atoms with E-state index in [1.807, 2.05) is 18.2 Å². The Hall–Kier alpha value is -1.14. The molecule has 1 aliphatic rings. The summed E-state index contributed by atoms with van der Waals surface area (Å²) < 4.78 is 23.8. The summed E-state index contributed by atoms with van der Waals surface area (Å²) in [5.74, 6) is -0.367. The van der Waals surface area contributed by atoms with Gasteiger partial charge in [-0.15, -0.1) is 0 Å². The van der Waals surface area contributed by atoms with Crippen molar-refractivity contribution in [2.45, 2.75) is 6.42 Å². The summed E-state index contributed by atoms with van der Waals surface area (Å²) in [7, 11) is -3.03. The van der Waals surface area contributed by atoms with Gasteiger partial charge >= 0.3 is 0 Å². The molecular formula is C13H12BrNO3S. The molecule has 1 aromatic carbocycles. The Balaban J connectivity index is 1.99. The molecule has 0 saturated carbocycles. The van der Waals surface area contributed by atoms with Crippen molar-refractivity contribution in [1.82, 2.24) is 4.98 Å². The van der Waals surface area contributed by atoms with E-state index >= 15 is 0 Å². The number of hydrogen-bond acceptors (Lipinski definition) is 3. The third kappa shape index (κ3) is 2.34. The number of halogens is 1. The Bertz CT molecular complexity index is 763. The minimum atomic E-state index is -3.03. The average molecular weight is 342 g/mol. The number of sulfone groups is 1. The van der Waals surface area contributed by atoms with Gasteiger partial charge in [0.1, 0.15) is 0 Å². The van der Waals surface area contributed by atoms with E-state index in [1.165, 1.54) is 0 Å². The molecule has 1 fully saturated rings. The van der Waals surface area contributed by atoms with Gasteiger partial charge in [0.05, 0.1) is 11.5 Å². The van der Waals surface area contributed by atoms with Crippen LogP contribution in [0.3, 0.4) is 0 Å². The zero-order valence-electron chi connectivity index (χ0n) is 10.0. The molecule has 19 heavy (non-hydrogen) atoms. The lowest BCUT2D eigenvalue weighted by molar-refractivity contribution is 0.0935. The number of H-pyrrole nitrogens is 1. The molecule has 1 atom stereocenters. The molecule has 4 nitrogen and oxygen atoms in total. The van der Waals surface area contributed by atoms with Crippen molar-refractivity contribution in [2.75, 3.05) is 11.5 Å². The van der Waals surface area contributed by atoms with Gasteiger partial charge in [0.25, 0.3) is 0 Å². The normalized spacial score (nSPS) is 21.8. The Morgan fingerprint density at radius 1 is 1.37 bits per heavy atom. The minimum absolute atomic E-state index is 0.0188. The summed E-state index contributed by atoms with van der Waals surface area (Å²) in [4.78, 5) is 15.5. The second-order valence-electron chi connectivity index (χ2n) is 4.86. The van der Waals surface area contributed by atoms with Crippen LogP contribution in [0.25, 0.3) is 10.9 Å². The molecule has 0 bridgehead atoms. The van der Waals surface area contributed by atoms with Crippen molar-refractivity contribution < 1.29 is 13.2 Å². The molecule has 0 amide bonds. The van der Waals surface area contributed by atoms with Crippen molar-refractivity contribution in [1.29, 1.82) is 0 Å². The van der Waals surface area contributed by atoms with Gasteiger partial charge in [-0.25, -0.2) is 8.42 Å². The molecule has 1 aliphatic heterocycles. The lowest BCUT2D eigenvalue weighted by atomic mass is 9.97. The zero-order valence-corrected chi connectivity index (χ0v) is 12.4. The molecule has 2 aromatic rings. The fraction of sp³-hybridized carbons (Fsp3) is 0.308. The third-order valence-corrected chi connectivity index (χ3v) is 5.77. The molecule has 6 heteroatoms. The van der Waals surface area contributed by atoms with Crippen LogP contribution in [-0.4, -0.2) is 30.7 Å². The number of hydrogen-bond donors (Lipinski definition) is 1. The summed E-state index contributed by atoms with van der Waals surface area (Å²) in [5, 5.41) is 0.845. The number of aromatic amines is 1. The van der Waals surface area contributed by atoms with Crippen LogP contribution in [-0.2, 0) is 9.84 Å². The van der Waals surface area contributed by atoms with E-state index in [1.54, 1.807) is 6.20 Å². The lowest BCUT2D eigenvalue weighted by Crippen LogP contribution is -2.15. The highest BCUT2D eigenvalue weighted by molar-refractivity contribution is 9.10. The first-order chi connectivity index (χ1) is 8.96. The maximum absolute atomic E-state index is 12.4. The van der Waals surface area contributed by atoms with Gasteiger partial charge in [-0.3, -0.25) is 4.79 Å². The number of rotatable bonds is 2. The smallest absolute Gasteiger partial charge is 0.169 e. The number of benzene rings is 1. The second kappa shape index (κ2) is 4.45. The van der Waals surface area contributed by atoms with Gasteiger partial charge in [-0.1, -0.05) is 22.0 Å². The predicted molar refractivity (Wildman–Crippen MR) is 77.1 cm³/mol. The summed E-state index contributed by atoms with van der Waals surface area (Å²) in [5.41, 5.74) is 1.46. The average Bonchev–Trinajstić information content (AvgIpc) is 2.91. The number of fused-ring (bicyclic) bond motifs is 1. The fourth-order valence-corrected chi connectivity index (χ4v) is 4.63. The van der Waals surface area contributed by atoms with Crippen LogP contribution in [0.2, 0.25) is 0 Å². The number of nitrogens with one attached hydrogen (secondary N) is 1. The quantitative estimate of drug-likeness (QED) is 0.853. The summed E-state index contributed by atoms with van der Waals surface area (Å²) >= 11 is 3.38. The molecule has 100 valence electrons. The summed E-state index contributed by atoms with van der Waals surface area (Å²) in [6.07, 6.45) is 2.11. The molecule has 2 heterocycles. The van der Waals surface area contributed by atoms with Crippen molar-refractivity contribution in [2.24, 2.45) is 5.92 Å². The van der Waals surface area contributed by atoms with Crippen LogP contribution in [0.15, 0.2) is 28.9 Å². The number of aromatic nitrogens is 1. The number of carbonyl (C=O) groups excluding carboxylic acids is 1. The van der Waals surface area contributed by atoms with Gasteiger partial charge in [0.2, 0.25) is 0 Å². The molecule has 0 radical (unpaired) electrons. The summed E-state index contributed by atoms with van der Waals surface area (Å²) in [6, 6.07) is 5.64. The monoisotopic (exact) mass is 341 g/mol. The predicted octanol–water partition coefficient (Wildman–Crippen LogP) is 2.55. The van der Waals surface area contributed by atoms with Crippen LogP contribution >= 0.6 is 15.9 Å². The molecular weight excluding hydrogens is 330 g/mol. The van der Waals surface area contributed by atoms with E-state index < -0.39 is 15.8 Å². The van der Waals surface area contributed by atoms with Crippen molar-refractivity contribution >= 4 is 42.5 Å². The van der Waals surface area contributed by atoms with Gasteiger partial charge < -0.3 is 4.98 Å². The number of ketones is 1. The topological polar surface area (TPSA) is 67.0 Å². The first kappa shape index (κ1) is 12.9.